The molecule has 4 rings (SSSR count). The summed E-state index contributed by atoms with van der Waals surface area (Å²) in [7, 11) is 0. The van der Waals surface area contributed by atoms with Crippen molar-refractivity contribution in [3.05, 3.63) is 81.0 Å². The third-order valence-electron chi connectivity index (χ3n) is 5.25. The molecule has 3 aromatic rings. The van der Waals surface area contributed by atoms with E-state index in [0.717, 1.165) is 6.42 Å². The zero-order chi connectivity index (χ0) is 22.0. The van der Waals surface area contributed by atoms with E-state index in [2.05, 4.69) is 16.1 Å². The van der Waals surface area contributed by atoms with Gasteiger partial charge in [-0.1, -0.05) is 6.07 Å². The fraction of sp³-hybridized carbons (Fsp3) is 0.217. The summed E-state index contributed by atoms with van der Waals surface area (Å²) in [6, 6.07) is 12.7. The first kappa shape index (κ1) is 21.0. The number of ether oxygens (including phenoxy) is 1. The number of carbonyl (C=O) groups excluding carboxylic acids is 2. The van der Waals surface area contributed by atoms with Crippen molar-refractivity contribution in [3.63, 3.8) is 0 Å². The molecule has 0 saturated heterocycles. The number of hydrogen-bond acceptors (Lipinski definition) is 4. The monoisotopic (exact) mass is 442 g/mol. The minimum absolute atomic E-state index is 0.0226. The van der Waals surface area contributed by atoms with Crippen molar-refractivity contribution in [1.82, 2.24) is 4.90 Å². The zero-order valence-electron chi connectivity index (χ0n) is 16.7. The number of rotatable bonds is 5. The van der Waals surface area contributed by atoms with Crippen LogP contribution < -0.4 is 10.1 Å². The molecule has 2 aromatic carbocycles. The predicted octanol–water partition coefficient (Wildman–Crippen LogP) is 5.11. The van der Waals surface area contributed by atoms with Crippen molar-refractivity contribution in [2.75, 3.05) is 11.9 Å². The molecule has 2 amide bonds. The molecule has 5 nitrogen and oxygen atoms in total. The quantitative estimate of drug-likeness (QED) is 0.598. The fourth-order valence-electron chi connectivity index (χ4n) is 3.58. The summed E-state index contributed by atoms with van der Waals surface area (Å²) in [6.45, 7) is 0.118. The molecule has 31 heavy (non-hydrogen) atoms. The standard InChI is InChI=1S/C23H20F2N2O3S/c1-14-18(22(29)27-11-9-20-16(13-27)10-12-31-20)3-2-4-19(14)26-21(28)15-5-7-17(8-6-15)30-23(24)25/h2-8,10,12,23H,9,11,13H2,1H3,(H,26,28). The molecule has 0 spiro atoms. The van der Waals surface area contributed by atoms with Gasteiger partial charge in [-0.2, -0.15) is 8.78 Å². The third-order valence-corrected chi connectivity index (χ3v) is 6.27. The summed E-state index contributed by atoms with van der Waals surface area (Å²) in [5.74, 6) is -0.498. The molecular formula is C23H20F2N2O3S. The van der Waals surface area contributed by atoms with Crippen LogP contribution in [0.5, 0.6) is 5.75 Å². The highest BCUT2D eigenvalue weighted by Gasteiger charge is 2.24. The highest BCUT2D eigenvalue weighted by Crippen LogP contribution is 2.27. The topological polar surface area (TPSA) is 58.6 Å². The van der Waals surface area contributed by atoms with Gasteiger partial charge in [0.15, 0.2) is 0 Å². The smallest absolute Gasteiger partial charge is 0.387 e. The first-order chi connectivity index (χ1) is 14.9. The molecule has 0 bridgehead atoms. The lowest BCUT2D eigenvalue weighted by molar-refractivity contribution is -0.0498. The Bertz CT molecular complexity index is 1110. The summed E-state index contributed by atoms with van der Waals surface area (Å²) < 4.78 is 28.8. The van der Waals surface area contributed by atoms with Gasteiger partial charge in [-0.25, -0.2) is 0 Å². The van der Waals surface area contributed by atoms with E-state index >= 15 is 0 Å². The van der Waals surface area contributed by atoms with Crippen LogP contribution in [-0.2, 0) is 13.0 Å². The fourth-order valence-corrected chi connectivity index (χ4v) is 4.47. The molecule has 0 atom stereocenters. The lowest BCUT2D eigenvalue weighted by Crippen LogP contribution is -2.35. The molecule has 1 N–H and O–H groups in total. The van der Waals surface area contributed by atoms with E-state index in [1.54, 1.807) is 36.5 Å². The van der Waals surface area contributed by atoms with Crippen LogP contribution in [-0.4, -0.2) is 29.9 Å². The van der Waals surface area contributed by atoms with Gasteiger partial charge in [0.2, 0.25) is 0 Å². The average molecular weight is 442 g/mol. The number of carbonyl (C=O) groups is 2. The minimum Gasteiger partial charge on any atom is -0.435 e. The number of anilines is 1. The second-order valence-electron chi connectivity index (χ2n) is 7.18. The number of amides is 2. The Morgan fingerprint density at radius 1 is 1.13 bits per heavy atom. The van der Waals surface area contributed by atoms with Crippen LogP contribution in [0, 0.1) is 6.92 Å². The predicted molar refractivity (Wildman–Crippen MR) is 115 cm³/mol. The van der Waals surface area contributed by atoms with E-state index in [9.17, 15) is 18.4 Å². The third kappa shape index (κ3) is 4.59. The van der Waals surface area contributed by atoms with Gasteiger partial charge >= 0.3 is 6.61 Å². The lowest BCUT2D eigenvalue weighted by Gasteiger charge is -2.28. The Labute approximate surface area is 182 Å². The Morgan fingerprint density at radius 2 is 1.90 bits per heavy atom. The van der Waals surface area contributed by atoms with E-state index in [-0.39, 0.29) is 11.7 Å². The lowest BCUT2D eigenvalue weighted by atomic mass is 10.0. The van der Waals surface area contributed by atoms with Crippen molar-refractivity contribution < 1.29 is 23.1 Å². The van der Waals surface area contributed by atoms with Gasteiger partial charge in [0.25, 0.3) is 11.8 Å². The second kappa shape index (κ2) is 8.85. The van der Waals surface area contributed by atoms with Gasteiger partial charge in [-0.3, -0.25) is 9.59 Å². The number of thiophene rings is 1. The largest absolute Gasteiger partial charge is 0.435 e. The van der Waals surface area contributed by atoms with E-state index < -0.39 is 12.5 Å². The van der Waals surface area contributed by atoms with Gasteiger partial charge in [0, 0.05) is 34.8 Å². The maximum Gasteiger partial charge on any atom is 0.387 e. The van der Waals surface area contributed by atoms with Crippen LogP contribution in [0.3, 0.4) is 0 Å². The zero-order valence-corrected chi connectivity index (χ0v) is 17.5. The minimum atomic E-state index is -2.92. The molecular weight excluding hydrogens is 422 g/mol. The van der Waals surface area contributed by atoms with E-state index in [1.165, 1.54) is 34.7 Å². The van der Waals surface area contributed by atoms with Crippen molar-refractivity contribution in [2.24, 2.45) is 0 Å². The van der Waals surface area contributed by atoms with Crippen molar-refractivity contribution in [2.45, 2.75) is 26.5 Å². The Morgan fingerprint density at radius 3 is 2.65 bits per heavy atom. The molecule has 1 aliphatic heterocycles. The number of nitrogens with one attached hydrogen (secondary N) is 1. The van der Waals surface area contributed by atoms with Gasteiger partial charge in [0.05, 0.1) is 0 Å². The first-order valence-corrected chi connectivity index (χ1v) is 10.6. The van der Waals surface area contributed by atoms with E-state index in [1.807, 2.05) is 10.3 Å². The van der Waals surface area contributed by atoms with Gasteiger partial charge in [-0.15, -0.1) is 11.3 Å². The Hall–Kier alpha value is -3.26. The first-order valence-electron chi connectivity index (χ1n) is 9.72. The maximum absolute atomic E-state index is 13.1. The molecule has 1 aliphatic rings. The van der Waals surface area contributed by atoms with Crippen molar-refractivity contribution >= 4 is 28.8 Å². The SMILES string of the molecule is Cc1c(NC(=O)c2ccc(OC(F)F)cc2)cccc1C(=O)N1CCc2sccc2C1. The number of benzene rings is 2. The molecule has 0 unspecified atom stereocenters. The summed E-state index contributed by atoms with van der Waals surface area (Å²) in [6.07, 6.45) is 0.847. The highest BCUT2D eigenvalue weighted by atomic mass is 32.1. The van der Waals surface area contributed by atoms with Crippen LogP contribution in [0.2, 0.25) is 0 Å². The molecule has 160 valence electrons. The van der Waals surface area contributed by atoms with E-state index in [0.29, 0.717) is 35.5 Å². The summed E-state index contributed by atoms with van der Waals surface area (Å²) in [5, 5.41) is 4.85. The van der Waals surface area contributed by atoms with Crippen LogP contribution in [0.25, 0.3) is 0 Å². The molecule has 0 fully saturated rings. The van der Waals surface area contributed by atoms with Crippen molar-refractivity contribution in [1.29, 1.82) is 0 Å². The number of alkyl halides is 2. The number of nitrogens with zero attached hydrogens (tertiary/aromatic N) is 1. The highest BCUT2D eigenvalue weighted by molar-refractivity contribution is 7.10. The summed E-state index contributed by atoms with van der Waals surface area (Å²) in [5.41, 5.74) is 3.22. The molecule has 1 aromatic heterocycles. The maximum atomic E-state index is 13.1. The van der Waals surface area contributed by atoms with Gasteiger partial charge < -0.3 is 15.0 Å². The van der Waals surface area contributed by atoms with Crippen LogP contribution in [0.4, 0.5) is 14.5 Å². The van der Waals surface area contributed by atoms with E-state index in [4.69, 9.17) is 0 Å². The second-order valence-corrected chi connectivity index (χ2v) is 8.18. The Balaban J connectivity index is 1.48. The van der Waals surface area contributed by atoms with Crippen LogP contribution in [0.15, 0.2) is 53.9 Å². The Kier molecular flexibility index (Phi) is 5.99. The number of fused-ring (bicyclic) bond motifs is 1. The van der Waals surface area contributed by atoms with Crippen LogP contribution in [0.1, 0.15) is 36.7 Å². The summed E-state index contributed by atoms with van der Waals surface area (Å²) >= 11 is 1.72. The van der Waals surface area contributed by atoms with Crippen LogP contribution >= 0.6 is 11.3 Å². The molecule has 0 radical (unpaired) electrons. The average Bonchev–Trinajstić information content (AvgIpc) is 3.22. The number of hydrogen-bond donors (Lipinski definition) is 1. The van der Waals surface area contributed by atoms with Crippen molar-refractivity contribution in [3.8, 4) is 5.75 Å². The molecule has 0 saturated carbocycles. The normalized spacial score (nSPS) is 13.1. The molecule has 2 heterocycles. The van der Waals surface area contributed by atoms with Gasteiger partial charge in [0.1, 0.15) is 5.75 Å². The molecule has 8 heteroatoms. The summed E-state index contributed by atoms with van der Waals surface area (Å²) in [4.78, 5) is 28.9. The number of halogens is 2. The molecule has 0 aliphatic carbocycles. The van der Waals surface area contributed by atoms with Gasteiger partial charge in [-0.05, 0) is 72.3 Å².